The third kappa shape index (κ3) is 3.44. The molecule has 2 atom stereocenters. The third-order valence-corrected chi connectivity index (χ3v) is 6.39. The van der Waals surface area contributed by atoms with Gasteiger partial charge in [-0.25, -0.2) is 0 Å². The first-order valence-corrected chi connectivity index (χ1v) is 9.85. The molecule has 4 rings (SSSR count). The van der Waals surface area contributed by atoms with Crippen LogP contribution >= 0.6 is 0 Å². The van der Waals surface area contributed by atoms with Crippen molar-refractivity contribution < 1.29 is 4.79 Å². The van der Waals surface area contributed by atoms with Crippen molar-refractivity contribution >= 4 is 11.6 Å². The lowest BCUT2D eigenvalue weighted by Gasteiger charge is -2.31. The van der Waals surface area contributed by atoms with Crippen molar-refractivity contribution in [3.8, 4) is 0 Å². The van der Waals surface area contributed by atoms with Crippen LogP contribution in [0.25, 0.3) is 0 Å². The SMILES string of the molecule is CN(C(=O)c1cc(N2C[C@H]3CC=CC[C@H]3C2)ccn1)C1CCCCC1. The summed E-state index contributed by atoms with van der Waals surface area (Å²) in [5, 5.41) is 0. The maximum absolute atomic E-state index is 12.9. The van der Waals surface area contributed by atoms with Gasteiger partial charge in [0.25, 0.3) is 5.91 Å². The fourth-order valence-corrected chi connectivity index (χ4v) is 4.77. The second kappa shape index (κ2) is 7.19. The van der Waals surface area contributed by atoms with E-state index >= 15 is 0 Å². The summed E-state index contributed by atoms with van der Waals surface area (Å²) in [6, 6.07) is 4.45. The van der Waals surface area contributed by atoms with Gasteiger partial charge in [-0.3, -0.25) is 9.78 Å². The van der Waals surface area contributed by atoms with Crippen molar-refractivity contribution in [1.82, 2.24) is 9.88 Å². The van der Waals surface area contributed by atoms with Crippen LogP contribution in [0.2, 0.25) is 0 Å². The minimum Gasteiger partial charge on any atom is -0.371 e. The molecule has 0 unspecified atom stereocenters. The monoisotopic (exact) mass is 339 g/mol. The van der Waals surface area contributed by atoms with Crippen molar-refractivity contribution in [2.24, 2.45) is 11.8 Å². The Morgan fingerprint density at radius 3 is 2.48 bits per heavy atom. The molecule has 2 fully saturated rings. The molecule has 0 N–H and O–H groups in total. The topological polar surface area (TPSA) is 36.4 Å². The van der Waals surface area contributed by atoms with Crippen LogP contribution in [0, 0.1) is 11.8 Å². The van der Waals surface area contributed by atoms with Crippen molar-refractivity contribution in [3.63, 3.8) is 0 Å². The first kappa shape index (κ1) is 16.6. The molecule has 0 radical (unpaired) electrons. The Labute approximate surface area is 150 Å². The summed E-state index contributed by atoms with van der Waals surface area (Å²) in [4.78, 5) is 21.7. The molecule has 2 heterocycles. The van der Waals surface area contributed by atoms with Gasteiger partial charge >= 0.3 is 0 Å². The van der Waals surface area contributed by atoms with Crippen LogP contribution in [0.1, 0.15) is 55.4 Å². The molecular formula is C21H29N3O. The van der Waals surface area contributed by atoms with Crippen LogP contribution in [-0.4, -0.2) is 42.0 Å². The first-order valence-electron chi connectivity index (χ1n) is 9.85. The van der Waals surface area contributed by atoms with Crippen LogP contribution < -0.4 is 4.90 Å². The quantitative estimate of drug-likeness (QED) is 0.784. The zero-order valence-corrected chi connectivity index (χ0v) is 15.2. The normalized spacial score (nSPS) is 26.5. The molecule has 0 aromatic carbocycles. The molecule has 4 nitrogen and oxygen atoms in total. The van der Waals surface area contributed by atoms with E-state index in [9.17, 15) is 4.79 Å². The molecule has 1 aliphatic heterocycles. The number of hydrogen-bond donors (Lipinski definition) is 0. The first-order chi connectivity index (χ1) is 12.2. The molecule has 134 valence electrons. The molecule has 2 aliphatic carbocycles. The van der Waals surface area contributed by atoms with Crippen LogP contribution in [0.5, 0.6) is 0 Å². The van der Waals surface area contributed by atoms with Crippen molar-refractivity contribution in [2.45, 2.75) is 51.0 Å². The lowest BCUT2D eigenvalue weighted by Crippen LogP contribution is -2.38. The van der Waals surface area contributed by atoms with Gasteiger partial charge in [-0.15, -0.1) is 0 Å². The van der Waals surface area contributed by atoms with Gasteiger partial charge < -0.3 is 9.80 Å². The molecule has 0 spiro atoms. The second-order valence-electron chi connectivity index (χ2n) is 7.98. The van der Waals surface area contributed by atoms with Gasteiger partial charge in [0.1, 0.15) is 5.69 Å². The summed E-state index contributed by atoms with van der Waals surface area (Å²) in [7, 11) is 1.95. The lowest BCUT2D eigenvalue weighted by molar-refractivity contribution is 0.0690. The smallest absolute Gasteiger partial charge is 0.272 e. The average molecular weight is 339 g/mol. The van der Waals surface area contributed by atoms with E-state index < -0.39 is 0 Å². The van der Waals surface area contributed by atoms with Gasteiger partial charge in [-0.2, -0.15) is 0 Å². The highest BCUT2D eigenvalue weighted by Crippen LogP contribution is 2.35. The number of allylic oxidation sites excluding steroid dienone is 2. The Morgan fingerprint density at radius 2 is 1.80 bits per heavy atom. The molecule has 1 aromatic rings. The highest BCUT2D eigenvalue weighted by Gasteiger charge is 2.33. The van der Waals surface area contributed by atoms with Crippen molar-refractivity contribution in [2.75, 3.05) is 25.0 Å². The molecule has 3 aliphatic rings. The number of anilines is 1. The summed E-state index contributed by atoms with van der Waals surface area (Å²) >= 11 is 0. The van der Waals surface area contributed by atoms with E-state index in [-0.39, 0.29) is 5.91 Å². The van der Waals surface area contributed by atoms with E-state index in [2.05, 4.69) is 28.1 Å². The van der Waals surface area contributed by atoms with Gasteiger partial charge in [-0.1, -0.05) is 31.4 Å². The van der Waals surface area contributed by atoms with Crippen molar-refractivity contribution in [1.29, 1.82) is 0 Å². The Balaban J connectivity index is 1.47. The fraction of sp³-hybridized carbons (Fsp3) is 0.619. The van der Waals surface area contributed by atoms with E-state index in [1.807, 2.05) is 18.0 Å². The van der Waals surface area contributed by atoms with E-state index in [1.54, 1.807) is 6.20 Å². The number of carbonyl (C=O) groups is 1. The maximum Gasteiger partial charge on any atom is 0.272 e. The molecule has 1 amide bonds. The third-order valence-electron chi connectivity index (χ3n) is 6.39. The Bertz CT molecular complexity index is 634. The largest absolute Gasteiger partial charge is 0.371 e. The minimum atomic E-state index is 0.0760. The molecule has 4 heteroatoms. The molecule has 1 saturated heterocycles. The zero-order chi connectivity index (χ0) is 17.2. The molecule has 25 heavy (non-hydrogen) atoms. The predicted octanol–water partition coefficient (Wildman–Crippen LogP) is 3.89. The Kier molecular flexibility index (Phi) is 4.78. The molecular weight excluding hydrogens is 310 g/mol. The summed E-state index contributed by atoms with van der Waals surface area (Å²) in [6.45, 7) is 2.20. The fourth-order valence-electron chi connectivity index (χ4n) is 4.77. The summed E-state index contributed by atoms with van der Waals surface area (Å²) in [6.07, 6.45) is 14.9. The highest BCUT2D eigenvalue weighted by atomic mass is 16.2. The number of aromatic nitrogens is 1. The van der Waals surface area contributed by atoms with Gasteiger partial charge in [0.15, 0.2) is 0 Å². The van der Waals surface area contributed by atoms with Crippen molar-refractivity contribution in [3.05, 3.63) is 36.2 Å². The van der Waals surface area contributed by atoms with Crippen LogP contribution in [0.15, 0.2) is 30.5 Å². The standard InChI is InChI=1S/C21H29N3O/c1-23(18-9-3-2-4-10-18)21(25)20-13-19(11-12-22-20)24-14-16-7-5-6-8-17(16)15-24/h5-6,11-13,16-18H,2-4,7-10,14-15H2,1H3/t16-,17+. The zero-order valence-electron chi connectivity index (χ0n) is 15.2. The van der Waals surface area contributed by atoms with E-state index in [4.69, 9.17) is 0 Å². The van der Waals surface area contributed by atoms with Crippen LogP contribution in [0.3, 0.4) is 0 Å². The minimum absolute atomic E-state index is 0.0760. The number of amides is 1. The number of hydrogen-bond acceptors (Lipinski definition) is 3. The van der Waals surface area contributed by atoms with Gasteiger partial charge in [0, 0.05) is 38.1 Å². The van der Waals surface area contributed by atoms with Crippen LogP contribution in [-0.2, 0) is 0 Å². The number of fused-ring (bicyclic) bond motifs is 1. The number of nitrogens with zero attached hydrogens (tertiary/aromatic N) is 3. The molecule has 1 aromatic heterocycles. The lowest BCUT2D eigenvalue weighted by atomic mass is 9.86. The molecule has 0 bridgehead atoms. The number of pyridine rings is 1. The maximum atomic E-state index is 12.9. The summed E-state index contributed by atoms with van der Waals surface area (Å²) < 4.78 is 0. The van der Waals surface area contributed by atoms with E-state index in [0.29, 0.717) is 11.7 Å². The highest BCUT2D eigenvalue weighted by molar-refractivity contribution is 5.93. The Morgan fingerprint density at radius 1 is 1.12 bits per heavy atom. The second-order valence-corrected chi connectivity index (χ2v) is 7.98. The predicted molar refractivity (Wildman–Crippen MR) is 101 cm³/mol. The summed E-state index contributed by atoms with van der Waals surface area (Å²) in [5.41, 5.74) is 1.75. The number of carbonyl (C=O) groups excluding carboxylic acids is 1. The average Bonchev–Trinajstić information content (AvgIpc) is 3.12. The van der Waals surface area contributed by atoms with E-state index in [1.165, 1.54) is 32.1 Å². The Hall–Kier alpha value is -1.84. The van der Waals surface area contributed by atoms with Gasteiger partial charge in [-0.05, 0) is 49.7 Å². The van der Waals surface area contributed by atoms with Gasteiger partial charge in [0.05, 0.1) is 0 Å². The summed E-state index contributed by atoms with van der Waals surface area (Å²) in [5.74, 6) is 1.61. The van der Waals surface area contributed by atoms with Crippen LogP contribution in [0.4, 0.5) is 5.69 Å². The van der Waals surface area contributed by atoms with Gasteiger partial charge in [0.2, 0.25) is 0 Å². The number of rotatable bonds is 3. The molecule has 1 saturated carbocycles. The van der Waals surface area contributed by atoms with E-state index in [0.717, 1.165) is 43.5 Å².